The lowest BCUT2D eigenvalue weighted by atomic mass is 10.0. The maximum absolute atomic E-state index is 12.8. The summed E-state index contributed by atoms with van der Waals surface area (Å²) in [6, 6.07) is -0.896. The molecule has 0 aliphatic rings. The van der Waals surface area contributed by atoms with Gasteiger partial charge in [0.25, 0.3) is 11.4 Å². The molecule has 0 aliphatic carbocycles. The molecule has 138 valence electrons. The minimum Gasteiger partial charge on any atom is -0.467 e. The molecule has 1 rings (SSSR count). The lowest BCUT2D eigenvalue weighted by molar-refractivity contribution is -0.392. The number of nitro benzene ring substituents is 2. The molecule has 0 aliphatic heterocycles. The number of carbonyl (C=O) groups is 1. The molecule has 25 heavy (non-hydrogen) atoms. The average Bonchev–Trinajstić information content (AvgIpc) is 2.49. The summed E-state index contributed by atoms with van der Waals surface area (Å²) < 4.78 is 43.0. The van der Waals surface area contributed by atoms with Crippen LogP contribution in [0.3, 0.4) is 0 Å². The van der Waals surface area contributed by atoms with Crippen molar-refractivity contribution in [2.75, 3.05) is 12.4 Å². The highest BCUT2D eigenvalue weighted by atomic mass is 19.4. The Kier molecular flexibility index (Phi) is 5.89. The smallest absolute Gasteiger partial charge is 0.416 e. The molecule has 0 saturated heterocycles. The highest BCUT2D eigenvalue weighted by Crippen LogP contribution is 2.41. The number of methoxy groups -OCH3 is 1. The van der Waals surface area contributed by atoms with Crippen LogP contribution in [0.25, 0.3) is 0 Å². The van der Waals surface area contributed by atoms with Crippen molar-refractivity contribution >= 4 is 23.0 Å². The van der Waals surface area contributed by atoms with Crippen molar-refractivity contribution < 1.29 is 32.5 Å². The number of carbonyl (C=O) groups excluding carboxylic acids is 1. The number of benzene rings is 1. The molecule has 0 amide bonds. The topological polar surface area (TPSA) is 125 Å². The van der Waals surface area contributed by atoms with Crippen molar-refractivity contribution in [3.63, 3.8) is 0 Å². The maximum Gasteiger partial charge on any atom is 0.416 e. The summed E-state index contributed by atoms with van der Waals surface area (Å²) in [7, 11) is 1.04. The third-order valence-corrected chi connectivity index (χ3v) is 3.24. The second-order valence-electron chi connectivity index (χ2n) is 5.29. The van der Waals surface area contributed by atoms with Crippen LogP contribution in [-0.4, -0.2) is 29.0 Å². The zero-order chi connectivity index (χ0) is 19.5. The van der Waals surface area contributed by atoms with Crippen molar-refractivity contribution in [2.24, 2.45) is 5.92 Å². The van der Waals surface area contributed by atoms with E-state index in [2.05, 4.69) is 10.1 Å². The molecule has 1 aromatic rings. The predicted molar refractivity (Wildman–Crippen MR) is 79.0 cm³/mol. The van der Waals surface area contributed by atoms with Crippen LogP contribution in [0, 0.1) is 26.1 Å². The van der Waals surface area contributed by atoms with E-state index in [0.717, 1.165) is 7.11 Å². The Hall–Kier alpha value is -2.92. The molecule has 0 heterocycles. The van der Waals surface area contributed by atoms with E-state index in [-0.39, 0.29) is 12.1 Å². The Morgan fingerprint density at radius 2 is 1.60 bits per heavy atom. The SMILES string of the molecule is COC(=O)[C@@H](Nc1c([N+](=O)[O-])cc(C(F)(F)F)cc1[N+](=O)[O-])C(C)C. The Bertz CT molecular complexity index is 670. The first-order valence-electron chi connectivity index (χ1n) is 6.78. The van der Waals surface area contributed by atoms with Crippen LogP contribution in [0.1, 0.15) is 19.4 Å². The molecule has 0 radical (unpaired) electrons. The number of nitrogens with zero attached hydrogens (tertiary/aromatic N) is 2. The monoisotopic (exact) mass is 365 g/mol. The number of ether oxygens (including phenoxy) is 1. The number of anilines is 1. The Balaban J connectivity index is 3.64. The summed E-state index contributed by atoms with van der Waals surface area (Å²) in [6.07, 6.45) is -5.02. The minimum atomic E-state index is -5.02. The number of rotatable bonds is 6. The number of nitro groups is 2. The van der Waals surface area contributed by atoms with Gasteiger partial charge in [0.05, 0.1) is 22.5 Å². The quantitative estimate of drug-likeness (QED) is 0.466. The summed E-state index contributed by atoms with van der Waals surface area (Å²) in [5, 5.41) is 24.5. The minimum absolute atomic E-state index is 0.171. The highest BCUT2D eigenvalue weighted by molar-refractivity contribution is 5.84. The van der Waals surface area contributed by atoms with Crippen LogP contribution >= 0.6 is 0 Å². The van der Waals surface area contributed by atoms with Gasteiger partial charge in [-0.3, -0.25) is 20.2 Å². The molecule has 1 aromatic carbocycles. The average molecular weight is 365 g/mol. The fourth-order valence-electron chi connectivity index (χ4n) is 1.99. The van der Waals surface area contributed by atoms with Crippen LogP contribution in [0.5, 0.6) is 0 Å². The second kappa shape index (κ2) is 7.32. The second-order valence-corrected chi connectivity index (χ2v) is 5.29. The van der Waals surface area contributed by atoms with Crippen molar-refractivity contribution in [3.8, 4) is 0 Å². The predicted octanol–water partition coefficient (Wildman–Crippen LogP) is 3.13. The molecule has 0 unspecified atom stereocenters. The van der Waals surface area contributed by atoms with E-state index in [1.165, 1.54) is 13.8 Å². The van der Waals surface area contributed by atoms with Gasteiger partial charge in [-0.2, -0.15) is 13.2 Å². The summed E-state index contributed by atoms with van der Waals surface area (Å²) in [4.78, 5) is 31.6. The van der Waals surface area contributed by atoms with Gasteiger partial charge < -0.3 is 10.1 Å². The molecule has 0 aromatic heterocycles. The summed E-state index contributed by atoms with van der Waals surface area (Å²) in [6.45, 7) is 3.05. The largest absolute Gasteiger partial charge is 0.467 e. The molecule has 0 spiro atoms. The molecule has 12 heteroatoms. The molecule has 0 saturated carbocycles. The standard InChI is InChI=1S/C13H14F3N3O6/c1-6(2)10(12(20)25-3)17-11-8(18(21)22)4-7(13(14,15)16)5-9(11)19(23)24/h4-6,10,17H,1-3H3/t10-/m0/s1. The Morgan fingerprint density at radius 3 is 1.88 bits per heavy atom. The number of hydrogen-bond donors (Lipinski definition) is 1. The fourth-order valence-corrected chi connectivity index (χ4v) is 1.99. The zero-order valence-corrected chi connectivity index (χ0v) is 13.3. The van der Waals surface area contributed by atoms with Gasteiger partial charge in [-0.05, 0) is 5.92 Å². The molecule has 1 atom stereocenters. The van der Waals surface area contributed by atoms with Gasteiger partial charge in [0.1, 0.15) is 6.04 Å². The molecule has 9 nitrogen and oxygen atoms in total. The van der Waals surface area contributed by atoms with E-state index in [4.69, 9.17) is 0 Å². The first kappa shape index (κ1) is 20.1. The van der Waals surface area contributed by atoms with Gasteiger partial charge in [0, 0.05) is 12.1 Å². The lowest BCUT2D eigenvalue weighted by Gasteiger charge is -2.21. The summed E-state index contributed by atoms with van der Waals surface area (Å²) in [5.41, 5.74) is -4.69. The molecule has 0 fully saturated rings. The number of alkyl halides is 3. The van der Waals surface area contributed by atoms with E-state index < -0.39 is 56.6 Å². The Morgan fingerprint density at radius 1 is 1.16 bits per heavy atom. The molecule has 1 N–H and O–H groups in total. The van der Waals surface area contributed by atoms with E-state index in [1.807, 2.05) is 0 Å². The van der Waals surface area contributed by atoms with Gasteiger partial charge in [0.15, 0.2) is 5.69 Å². The molecular weight excluding hydrogens is 351 g/mol. The van der Waals surface area contributed by atoms with Crippen molar-refractivity contribution in [2.45, 2.75) is 26.1 Å². The third-order valence-electron chi connectivity index (χ3n) is 3.24. The van der Waals surface area contributed by atoms with Crippen LogP contribution in [-0.2, 0) is 15.7 Å². The van der Waals surface area contributed by atoms with E-state index >= 15 is 0 Å². The van der Waals surface area contributed by atoms with Crippen LogP contribution < -0.4 is 5.32 Å². The van der Waals surface area contributed by atoms with E-state index in [1.54, 1.807) is 0 Å². The first-order chi connectivity index (χ1) is 11.4. The normalized spacial score (nSPS) is 12.6. The van der Waals surface area contributed by atoms with E-state index in [0.29, 0.717) is 0 Å². The highest BCUT2D eigenvalue weighted by Gasteiger charge is 2.39. The van der Waals surface area contributed by atoms with E-state index in [9.17, 15) is 38.2 Å². The van der Waals surface area contributed by atoms with Gasteiger partial charge in [-0.25, -0.2) is 4.79 Å². The number of nitrogens with one attached hydrogen (secondary N) is 1. The number of esters is 1. The van der Waals surface area contributed by atoms with Gasteiger partial charge in [-0.15, -0.1) is 0 Å². The fraction of sp³-hybridized carbons (Fsp3) is 0.462. The molecule has 0 bridgehead atoms. The van der Waals surface area contributed by atoms with Crippen LogP contribution in [0.15, 0.2) is 12.1 Å². The van der Waals surface area contributed by atoms with Gasteiger partial charge in [-0.1, -0.05) is 13.8 Å². The zero-order valence-electron chi connectivity index (χ0n) is 13.3. The van der Waals surface area contributed by atoms with Crippen LogP contribution in [0.2, 0.25) is 0 Å². The summed E-state index contributed by atoms with van der Waals surface area (Å²) in [5.74, 6) is -1.40. The number of halogens is 3. The van der Waals surface area contributed by atoms with Gasteiger partial charge in [0.2, 0.25) is 0 Å². The van der Waals surface area contributed by atoms with Crippen LogP contribution in [0.4, 0.5) is 30.2 Å². The Labute approximate surface area is 139 Å². The maximum atomic E-state index is 12.8. The third kappa shape index (κ3) is 4.55. The lowest BCUT2D eigenvalue weighted by Crippen LogP contribution is -2.36. The summed E-state index contributed by atoms with van der Waals surface area (Å²) >= 11 is 0. The van der Waals surface area contributed by atoms with Crippen molar-refractivity contribution in [3.05, 3.63) is 37.9 Å². The van der Waals surface area contributed by atoms with Gasteiger partial charge >= 0.3 is 12.1 Å². The first-order valence-corrected chi connectivity index (χ1v) is 6.78. The number of hydrogen-bond acceptors (Lipinski definition) is 7. The van der Waals surface area contributed by atoms with Crippen molar-refractivity contribution in [1.29, 1.82) is 0 Å². The van der Waals surface area contributed by atoms with Crippen molar-refractivity contribution in [1.82, 2.24) is 0 Å². The molecular formula is C13H14F3N3O6.